The van der Waals surface area contributed by atoms with Crippen molar-refractivity contribution in [3.63, 3.8) is 0 Å². The summed E-state index contributed by atoms with van der Waals surface area (Å²) in [6.45, 7) is 6.50. The van der Waals surface area contributed by atoms with E-state index in [9.17, 15) is 5.11 Å². The van der Waals surface area contributed by atoms with E-state index in [0.29, 0.717) is 5.75 Å². The van der Waals surface area contributed by atoms with E-state index in [1.165, 1.54) is 16.7 Å². The second kappa shape index (κ2) is 7.57. The Morgan fingerprint density at radius 2 is 1.12 bits per heavy atom. The van der Waals surface area contributed by atoms with Crippen molar-refractivity contribution >= 4 is 0 Å². The van der Waals surface area contributed by atoms with Gasteiger partial charge in [-0.1, -0.05) is 93.6 Å². The van der Waals surface area contributed by atoms with Crippen LogP contribution < -0.4 is 0 Å². The van der Waals surface area contributed by atoms with Gasteiger partial charge in [-0.25, -0.2) is 0 Å². The molecule has 0 aliphatic rings. The molecular formula is C24H26O. The minimum Gasteiger partial charge on any atom is -0.507 e. The molecule has 0 radical (unpaired) electrons. The van der Waals surface area contributed by atoms with Gasteiger partial charge in [-0.3, -0.25) is 0 Å². The van der Waals surface area contributed by atoms with Crippen molar-refractivity contribution in [3.8, 4) is 5.75 Å². The molecule has 0 heterocycles. The molecule has 0 amide bonds. The van der Waals surface area contributed by atoms with Crippen LogP contribution in [0.3, 0.4) is 0 Å². The lowest BCUT2D eigenvalue weighted by molar-refractivity contribution is 0.456. The Morgan fingerprint density at radius 3 is 1.48 bits per heavy atom. The number of aryl methyl sites for hydroxylation is 1. The SMILES string of the molecule is CCc1cc(C(C)c2ccccc2)c(O)c(C(C)c2ccccc2)c1. The average molecular weight is 330 g/mol. The predicted molar refractivity (Wildman–Crippen MR) is 105 cm³/mol. The molecule has 1 nitrogen and oxygen atoms in total. The van der Waals surface area contributed by atoms with Crippen LogP contribution in [0.5, 0.6) is 5.75 Å². The highest BCUT2D eigenvalue weighted by Gasteiger charge is 2.20. The molecule has 3 aromatic carbocycles. The first-order valence-electron chi connectivity index (χ1n) is 9.07. The summed E-state index contributed by atoms with van der Waals surface area (Å²) >= 11 is 0. The fourth-order valence-corrected chi connectivity index (χ4v) is 3.45. The molecule has 128 valence electrons. The summed E-state index contributed by atoms with van der Waals surface area (Å²) in [5, 5.41) is 11.1. The van der Waals surface area contributed by atoms with Crippen molar-refractivity contribution in [2.24, 2.45) is 0 Å². The van der Waals surface area contributed by atoms with Gasteiger partial charge in [-0.2, -0.15) is 0 Å². The smallest absolute Gasteiger partial charge is 0.123 e. The van der Waals surface area contributed by atoms with Gasteiger partial charge >= 0.3 is 0 Å². The van der Waals surface area contributed by atoms with Crippen LogP contribution in [0.1, 0.15) is 60.4 Å². The fraction of sp³-hybridized carbons (Fsp3) is 0.250. The molecule has 0 spiro atoms. The first kappa shape index (κ1) is 17.3. The van der Waals surface area contributed by atoms with E-state index in [0.717, 1.165) is 17.5 Å². The van der Waals surface area contributed by atoms with Gasteiger partial charge in [-0.05, 0) is 23.1 Å². The molecule has 0 aliphatic carbocycles. The van der Waals surface area contributed by atoms with Crippen LogP contribution in [0.2, 0.25) is 0 Å². The van der Waals surface area contributed by atoms with Gasteiger partial charge in [0, 0.05) is 23.0 Å². The molecule has 0 fully saturated rings. The second-order valence-electron chi connectivity index (χ2n) is 6.74. The Bertz CT molecular complexity index is 755. The van der Waals surface area contributed by atoms with Crippen LogP contribution >= 0.6 is 0 Å². The Morgan fingerprint density at radius 1 is 0.720 bits per heavy atom. The van der Waals surface area contributed by atoms with E-state index in [4.69, 9.17) is 0 Å². The Kier molecular flexibility index (Phi) is 5.23. The maximum Gasteiger partial charge on any atom is 0.123 e. The number of phenols is 1. The van der Waals surface area contributed by atoms with Crippen LogP contribution in [-0.4, -0.2) is 5.11 Å². The molecule has 25 heavy (non-hydrogen) atoms. The molecule has 3 rings (SSSR count). The number of phenolic OH excluding ortho intramolecular Hbond substituents is 1. The molecule has 3 aromatic rings. The normalized spacial score (nSPS) is 13.4. The summed E-state index contributed by atoms with van der Waals surface area (Å²) in [5.41, 5.74) is 5.76. The summed E-state index contributed by atoms with van der Waals surface area (Å²) in [5.74, 6) is 0.758. The summed E-state index contributed by atoms with van der Waals surface area (Å²) in [6, 6.07) is 25.1. The van der Waals surface area contributed by atoms with Gasteiger partial charge in [0.25, 0.3) is 0 Å². The van der Waals surface area contributed by atoms with Crippen molar-refractivity contribution in [2.75, 3.05) is 0 Å². The average Bonchev–Trinajstić information content (AvgIpc) is 2.68. The van der Waals surface area contributed by atoms with E-state index < -0.39 is 0 Å². The Hall–Kier alpha value is -2.54. The largest absolute Gasteiger partial charge is 0.507 e. The third-order valence-electron chi connectivity index (χ3n) is 5.17. The highest BCUT2D eigenvalue weighted by atomic mass is 16.3. The highest BCUT2D eigenvalue weighted by molar-refractivity contribution is 5.52. The van der Waals surface area contributed by atoms with Crippen LogP contribution in [0.25, 0.3) is 0 Å². The quantitative estimate of drug-likeness (QED) is 0.585. The summed E-state index contributed by atoms with van der Waals surface area (Å²) in [6.07, 6.45) is 0.962. The molecule has 0 bridgehead atoms. The van der Waals surface area contributed by atoms with E-state index in [-0.39, 0.29) is 11.8 Å². The van der Waals surface area contributed by atoms with E-state index in [1.807, 2.05) is 12.1 Å². The zero-order valence-electron chi connectivity index (χ0n) is 15.2. The lowest BCUT2D eigenvalue weighted by atomic mass is 9.84. The first-order valence-corrected chi connectivity index (χ1v) is 9.07. The summed E-state index contributed by atoms with van der Waals surface area (Å²) < 4.78 is 0. The maximum atomic E-state index is 11.1. The van der Waals surface area contributed by atoms with Crippen molar-refractivity contribution in [3.05, 3.63) is 101 Å². The van der Waals surface area contributed by atoms with Gasteiger partial charge in [0.05, 0.1) is 0 Å². The third-order valence-corrected chi connectivity index (χ3v) is 5.17. The lowest BCUT2D eigenvalue weighted by Crippen LogP contribution is -2.04. The Balaban J connectivity index is 2.08. The van der Waals surface area contributed by atoms with Crippen LogP contribution in [0.15, 0.2) is 72.8 Å². The molecular weight excluding hydrogens is 304 g/mol. The number of rotatable bonds is 5. The van der Waals surface area contributed by atoms with Crippen molar-refractivity contribution in [1.29, 1.82) is 0 Å². The third kappa shape index (κ3) is 3.61. The minimum atomic E-state index is 0.162. The molecule has 0 aromatic heterocycles. The molecule has 2 atom stereocenters. The van der Waals surface area contributed by atoms with Crippen LogP contribution in [0, 0.1) is 0 Å². The van der Waals surface area contributed by atoms with Gasteiger partial charge < -0.3 is 5.11 Å². The maximum absolute atomic E-state index is 11.1. The number of benzene rings is 3. The minimum absolute atomic E-state index is 0.162. The highest BCUT2D eigenvalue weighted by Crippen LogP contribution is 2.39. The monoisotopic (exact) mass is 330 g/mol. The first-order chi connectivity index (χ1) is 12.1. The van der Waals surface area contributed by atoms with Gasteiger partial charge in [0.2, 0.25) is 0 Å². The number of hydrogen-bond donors (Lipinski definition) is 1. The summed E-state index contributed by atoms with van der Waals surface area (Å²) in [4.78, 5) is 0. The van der Waals surface area contributed by atoms with Crippen molar-refractivity contribution in [1.82, 2.24) is 0 Å². The van der Waals surface area contributed by atoms with Gasteiger partial charge in [0.15, 0.2) is 0 Å². The van der Waals surface area contributed by atoms with E-state index in [1.54, 1.807) is 0 Å². The van der Waals surface area contributed by atoms with Gasteiger partial charge in [0.1, 0.15) is 5.75 Å². The predicted octanol–water partition coefficient (Wildman–Crippen LogP) is 6.26. The molecule has 0 saturated heterocycles. The zero-order valence-corrected chi connectivity index (χ0v) is 15.2. The standard InChI is InChI=1S/C24H26O/c1-4-19-15-22(17(2)20-11-7-5-8-12-20)24(25)23(16-19)18(3)21-13-9-6-10-14-21/h5-18,25H,4H2,1-3H3. The number of aromatic hydroxyl groups is 1. The van der Waals surface area contributed by atoms with Crippen LogP contribution in [-0.2, 0) is 6.42 Å². The topological polar surface area (TPSA) is 20.2 Å². The molecule has 2 unspecified atom stereocenters. The van der Waals surface area contributed by atoms with E-state index >= 15 is 0 Å². The zero-order chi connectivity index (χ0) is 17.8. The number of hydrogen-bond acceptors (Lipinski definition) is 1. The fourth-order valence-electron chi connectivity index (χ4n) is 3.45. The molecule has 0 saturated carbocycles. The van der Waals surface area contributed by atoms with Crippen molar-refractivity contribution < 1.29 is 5.11 Å². The second-order valence-corrected chi connectivity index (χ2v) is 6.74. The Labute approximate surface area is 151 Å². The summed E-state index contributed by atoms with van der Waals surface area (Å²) in [7, 11) is 0. The van der Waals surface area contributed by atoms with Crippen molar-refractivity contribution in [2.45, 2.75) is 39.0 Å². The van der Waals surface area contributed by atoms with Gasteiger partial charge in [-0.15, -0.1) is 0 Å². The van der Waals surface area contributed by atoms with Crippen LogP contribution in [0.4, 0.5) is 0 Å². The van der Waals surface area contributed by atoms with E-state index in [2.05, 4.69) is 81.4 Å². The molecule has 0 aliphatic heterocycles. The molecule has 1 heteroatoms. The molecule has 1 N–H and O–H groups in total. The lowest BCUT2D eigenvalue weighted by Gasteiger charge is -2.21.